The van der Waals surface area contributed by atoms with E-state index in [4.69, 9.17) is 9.47 Å². The molecule has 1 amide bonds. The molecule has 4 rings (SSSR count). The van der Waals surface area contributed by atoms with Crippen LogP contribution in [0.1, 0.15) is 31.2 Å². The number of carbonyl (C=O) groups is 1. The summed E-state index contributed by atoms with van der Waals surface area (Å²) in [6.07, 6.45) is -1.01. The summed E-state index contributed by atoms with van der Waals surface area (Å²) in [6.45, 7) is -0.0728. The molecule has 0 radical (unpaired) electrons. The van der Waals surface area contributed by atoms with E-state index in [1.165, 1.54) is 6.07 Å². The van der Waals surface area contributed by atoms with Gasteiger partial charge in [-0.05, 0) is 55.0 Å². The Labute approximate surface area is 195 Å². The summed E-state index contributed by atoms with van der Waals surface area (Å²) < 4.78 is 49.2. The summed E-state index contributed by atoms with van der Waals surface area (Å²) >= 11 is 0. The molecule has 0 aliphatic heterocycles. The third kappa shape index (κ3) is 6.50. The first kappa shape index (κ1) is 23.6. The Balaban J connectivity index is 1.17. The molecule has 178 valence electrons. The fraction of sp³-hybridized carbons (Fsp3) is 0.308. The molecule has 1 saturated carbocycles. The Kier molecular flexibility index (Phi) is 7.35. The van der Waals surface area contributed by atoms with Gasteiger partial charge in [0, 0.05) is 18.3 Å². The van der Waals surface area contributed by atoms with Crippen LogP contribution in [0.15, 0.2) is 72.9 Å². The van der Waals surface area contributed by atoms with Crippen molar-refractivity contribution in [2.75, 3.05) is 6.61 Å². The van der Waals surface area contributed by atoms with Crippen LogP contribution in [-0.2, 0) is 11.0 Å². The second-order valence-corrected chi connectivity index (χ2v) is 8.22. The molecular weight excluding hydrogens is 445 g/mol. The molecule has 1 aliphatic rings. The van der Waals surface area contributed by atoms with E-state index in [0.29, 0.717) is 31.4 Å². The van der Waals surface area contributed by atoms with Gasteiger partial charge in [-0.25, -0.2) is 4.98 Å². The molecule has 0 spiro atoms. The van der Waals surface area contributed by atoms with Gasteiger partial charge in [0.05, 0.1) is 5.56 Å². The van der Waals surface area contributed by atoms with E-state index in [1.807, 2.05) is 54.6 Å². The largest absolute Gasteiger partial charge is 0.484 e. The first-order valence-electron chi connectivity index (χ1n) is 11.1. The maximum absolute atomic E-state index is 12.6. The maximum atomic E-state index is 12.6. The zero-order valence-electron chi connectivity index (χ0n) is 18.4. The number of nitrogens with zero attached hydrogens (tertiary/aromatic N) is 1. The number of benzene rings is 2. The normalized spacial score (nSPS) is 18.2. The summed E-state index contributed by atoms with van der Waals surface area (Å²) in [4.78, 5) is 16.0. The number of hydrogen-bond acceptors (Lipinski definition) is 4. The van der Waals surface area contributed by atoms with Crippen molar-refractivity contribution in [1.82, 2.24) is 10.3 Å². The second kappa shape index (κ2) is 10.6. The molecule has 0 atom stereocenters. The number of halogens is 3. The van der Waals surface area contributed by atoms with Gasteiger partial charge in [-0.1, -0.05) is 42.5 Å². The fourth-order valence-corrected chi connectivity index (χ4v) is 3.91. The predicted molar refractivity (Wildman–Crippen MR) is 121 cm³/mol. The number of hydrogen-bond donors (Lipinski definition) is 1. The highest BCUT2D eigenvalue weighted by Gasteiger charge is 2.31. The Hall–Kier alpha value is -3.55. The molecule has 8 heteroatoms. The lowest BCUT2D eigenvalue weighted by atomic mass is 9.93. The van der Waals surface area contributed by atoms with Crippen LogP contribution in [0.4, 0.5) is 13.2 Å². The zero-order chi connectivity index (χ0) is 24.0. The van der Waals surface area contributed by atoms with Crippen molar-refractivity contribution < 1.29 is 27.4 Å². The first-order valence-corrected chi connectivity index (χ1v) is 11.1. The number of carbonyl (C=O) groups excluding carboxylic acids is 1. The molecule has 5 nitrogen and oxygen atoms in total. The second-order valence-electron chi connectivity index (χ2n) is 8.22. The third-order valence-corrected chi connectivity index (χ3v) is 5.72. The van der Waals surface area contributed by atoms with Crippen LogP contribution in [0, 0.1) is 0 Å². The van der Waals surface area contributed by atoms with Gasteiger partial charge in [0.15, 0.2) is 6.61 Å². The lowest BCUT2D eigenvalue weighted by Crippen LogP contribution is -2.41. The van der Waals surface area contributed by atoms with Crippen LogP contribution in [-0.4, -0.2) is 29.6 Å². The minimum atomic E-state index is -4.42. The number of ether oxygens (including phenoxy) is 2. The molecule has 1 fully saturated rings. The highest BCUT2D eigenvalue weighted by Crippen LogP contribution is 2.30. The van der Waals surface area contributed by atoms with Crippen molar-refractivity contribution in [2.24, 2.45) is 0 Å². The fourth-order valence-electron chi connectivity index (χ4n) is 3.91. The van der Waals surface area contributed by atoms with Gasteiger partial charge in [0.25, 0.3) is 5.91 Å². The van der Waals surface area contributed by atoms with Crippen molar-refractivity contribution in [3.63, 3.8) is 0 Å². The van der Waals surface area contributed by atoms with Gasteiger partial charge in [-0.2, -0.15) is 13.2 Å². The molecule has 34 heavy (non-hydrogen) atoms. The Morgan fingerprint density at radius 2 is 1.59 bits per heavy atom. The number of nitrogens with one attached hydrogen (secondary N) is 1. The molecule has 1 heterocycles. The molecule has 3 aromatic rings. The Bertz CT molecular complexity index is 1060. The molecule has 2 aromatic carbocycles. The van der Waals surface area contributed by atoms with E-state index in [-0.39, 0.29) is 30.5 Å². The number of pyridine rings is 1. The minimum Gasteiger partial charge on any atom is -0.484 e. The van der Waals surface area contributed by atoms with E-state index in [2.05, 4.69) is 10.3 Å². The Morgan fingerprint density at radius 1 is 0.912 bits per heavy atom. The van der Waals surface area contributed by atoms with Gasteiger partial charge in [-0.3, -0.25) is 4.79 Å². The van der Waals surface area contributed by atoms with Crippen LogP contribution < -0.4 is 14.8 Å². The highest BCUT2D eigenvalue weighted by atomic mass is 19.4. The molecule has 0 bridgehead atoms. The van der Waals surface area contributed by atoms with Gasteiger partial charge < -0.3 is 14.8 Å². The Morgan fingerprint density at radius 3 is 2.21 bits per heavy atom. The number of rotatable bonds is 7. The van der Waals surface area contributed by atoms with E-state index in [9.17, 15) is 18.0 Å². The standard InChI is InChI=1S/C26H25F3N2O3/c27-26(28,29)20-8-15-25(30-16-20)34-23-13-9-21(10-14-23)31-24(32)17-33-22-11-6-19(7-12-22)18-4-2-1-3-5-18/h1-8,11-12,15-16,21,23H,9-10,13-14,17H2,(H,31,32). The van der Waals surface area contributed by atoms with E-state index in [0.717, 1.165) is 23.4 Å². The molecule has 0 unspecified atom stereocenters. The van der Waals surface area contributed by atoms with Gasteiger partial charge in [-0.15, -0.1) is 0 Å². The molecule has 1 aliphatic carbocycles. The van der Waals surface area contributed by atoms with Gasteiger partial charge >= 0.3 is 6.18 Å². The summed E-state index contributed by atoms with van der Waals surface area (Å²) in [5.41, 5.74) is 1.38. The molecule has 1 aromatic heterocycles. The molecular formula is C26H25F3N2O3. The van der Waals surface area contributed by atoms with E-state index < -0.39 is 11.7 Å². The molecule has 1 N–H and O–H groups in total. The average Bonchev–Trinajstić information content (AvgIpc) is 2.85. The summed E-state index contributed by atoms with van der Waals surface area (Å²) in [7, 11) is 0. The van der Waals surface area contributed by atoms with Crippen LogP contribution >= 0.6 is 0 Å². The molecule has 0 saturated heterocycles. The smallest absolute Gasteiger partial charge is 0.417 e. The van der Waals surface area contributed by atoms with Crippen molar-refractivity contribution >= 4 is 5.91 Å². The number of alkyl halides is 3. The lowest BCUT2D eigenvalue weighted by Gasteiger charge is -2.29. The van der Waals surface area contributed by atoms with E-state index in [1.54, 1.807) is 0 Å². The quantitative estimate of drug-likeness (QED) is 0.485. The zero-order valence-corrected chi connectivity index (χ0v) is 18.4. The summed E-state index contributed by atoms with van der Waals surface area (Å²) in [6, 6.07) is 19.8. The average molecular weight is 470 g/mol. The maximum Gasteiger partial charge on any atom is 0.417 e. The summed E-state index contributed by atoms with van der Waals surface area (Å²) in [5.74, 6) is 0.601. The topological polar surface area (TPSA) is 60.5 Å². The van der Waals surface area contributed by atoms with Crippen LogP contribution in [0.25, 0.3) is 11.1 Å². The summed E-state index contributed by atoms with van der Waals surface area (Å²) in [5, 5.41) is 2.97. The van der Waals surface area contributed by atoms with Crippen molar-refractivity contribution in [3.8, 4) is 22.8 Å². The lowest BCUT2D eigenvalue weighted by molar-refractivity contribution is -0.137. The van der Waals surface area contributed by atoms with Crippen molar-refractivity contribution in [1.29, 1.82) is 0 Å². The van der Waals surface area contributed by atoms with Crippen LogP contribution in [0.2, 0.25) is 0 Å². The minimum absolute atomic E-state index is 0.0111. The van der Waals surface area contributed by atoms with Crippen LogP contribution in [0.5, 0.6) is 11.6 Å². The number of amides is 1. The first-order chi connectivity index (χ1) is 16.4. The van der Waals surface area contributed by atoms with Gasteiger partial charge in [0.2, 0.25) is 5.88 Å². The SMILES string of the molecule is O=C(COc1ccc(-c2ccccc2)cc1)NC1CCC(Oc2ccc(C(F)(F)F)cn2)CC1. The predicted octanol–water partition coefficient (Wildman–Crippen LogP) is 5.65. The van der Waals surface area contributed by atoms with Gasteiger partial charge in [0.1, 0.15) is 11.9 Å². The highest BCUT2D eigenvalue weighted by molar-refractivity contribution is 5.77. The van der Waals surface area contributed by atoms with Crippen LogP contribution in [0.3, 0.4) is 0 Å². The van der Waals surface area contributed by atoms with E-state index >= 15 is 0 Å². The van der Waals surface area contributed by atoms with Crippen molar-refractivity contribution in [2.45, 2.75) is 44.0 Å². The third-order valence-electron chi connectivity index (χ3n) is 5.72. The number of aromatic nitrogens is 1. The monoisotopic (exact) mass is 470 g/mol. The van der Waals surface area contributed by atoms with Crippen molar-refractivity contribution in [3.05, 3.63) is 78.5 Å².